The van der Waals surface area contributed by atoms with Crippen molar-refractivity contribution in [3.05, 3.63) is 108 Å². The van der Waals surface area contributed by atoms with Crippen LogP contribution in [0.25, 0.3) is 0 Å². The average molecular weight is 504 g/mol. The van der Waals surface area contributed by atoms with Gasteiger partial charge in [0.25, 0.3) is 0 Å². The Morgan fingerprint density at radius 1 is 0.649 bits per heavy atom. The molecule has 0 aliphatic heterocycles. The molecule has 3 aromatic rings. The first-order valence-corrected chi connectivity index (χ1v) is 11.6. The van der Waals surface area contributed by atoms with Crippen LogP contribution in [0.2, 0.25) is 0 Å². The van der Waals surface area contributed by atoms with Crippen molar-refractivity contribution in [1.29, 1.82) is 0 Å². The zero-order chi connectivity index (χ0) is 26.8. The van der Waals surface area contributed by atoms with Crippen LogP contribution in [-0.2, 0) is 38.8 Å². The molecule has 1 N–H and O–H groups in total. The number of ether oxygens (including phenoxy) is 3. The molecule has 0 unspecified atom stereocenters. The fourth-order valence-electron chi connectivity index (χ4n) is 4.41. The number of methoxy groups -OCH3 is 3. The highest BCUT2D eigenvalue weighted by Gasteiger charge is 2.47. The van der Waals surface area contributed by atoms with Gasteiger partial charge < -0.3 is 19.5 Å². The van der Waals surface area contributed by atoms with Gasteiger partial charge in [0.1, 0.15) is 11.5 Å². The van der Waals surface area contributed by atoms with Gasteiger partial charge in [-0.05, 0) is 16.7 Å². The van der Waals surface area contributed by atoms with Crippen LogP contribution in [0.1, 0.15) is 23.1 Å². The van der Waals surface area contributed by atoms with Crippen LogP contribution in [0.3, 0.4) is 0 Å². The third-order valence-electron chi connectivity index (χ3n) is 6.22. The Labute approximate surface area is 215 Å². The van der Waals surface area contributed by atoms with Gasteiger partial charge in [0.05, 0.1) is 33.7 Å². The Morgan fingerprint density at radius 3 is 1.41 bits per heavy atom. The van der Waals surface area contributed by atoms with Crippen LogP contribution in [0.5, 0.6) is 0 Å². The van der Waals surface area contributed by atoms with Crippen molar-refractivity contribution in [3.63, 3.8) is 0 Å². The minimum atomic E-state index is -1.53. The van der Waals surface area contributed by atoms with Crippen LogP contribution in [0, 0.1) is 5.92 Å². The van der Waals surface area contributed by atoms with E-state index in [1.54, 1.807) is 0 Å². The maximum atomic E-state index is 14.5. The molecule has 3 rings (SSSR count). The van der Waals surface area contributed by atoms with Crippen LogP contribution in [-0.4, -0.2) is 51.2 Å². The Morgan fingerprint density at radius 2 is 1.05 bits per heavy atom. The number of hydrogen-bond acceptors (Lipinski definition) is 7. The van der Waals surface area contributed by atoms with Gasteiger partial charge in [-0.3, -0.25) is 14.4 Å². The van der Waals surface area contributed by atoms with Gasteiger partial charge in [-0.25, -0.2) is 4.79 Å². The van der Waals surface area contributed by atoms with E-state index < -0.39 is 47.6 Å². The lowest BCUT2D eigenvalue weighted by Crippen LogP contribution is -2.56. The molecule has 0 heterocycles. The molecule has 192 valence electrons. The monoisotopic (exact) mass is 503 g/mol. The Hall–Kier alpha value is -4.46. The van der Waals surface area contributed by atoms with Crippen molar-refractivity contribution in [2.45, 2.75) is 17.9 Å². The lowest BCUT2D eigenvalue weighted by Gasteiger charge is -2.36. The number of rotatable bonds is 10. The van der Waals surface area contributed by atoms with Crippen LogP contribution in [0.15, 0.2) is 91.0 Å². The molecule has 0 aromatic heterocycles. The molecule has 0 bridgehead atoms. The number of nitrogens with one attached hydrogen (secondary N) is 1. The van der Waals surface area contributed by atoms with Crippen molar-refractivity contribution < 1.29 is 33.4 Å². The largest absolute Gasteiger partial charge is 0.469 e. The highest BCUT2D eigenvalue weighted by Crippen LogP contribution is 2.40. The lowest BCUT2D eigenvalue weighted by molar-refractivity contribution is -0.159. The molecule has 0 aliphatic rings. The fraction of sp³-hybridized carbons (Fsp3) is 0.241. The normalized spacial score (nSPS) is 12.5. The average Bonchev–Trinajstić information content (AvgIpc) is 2.96. The Kier molecular flexibility index (Phi) is 9.16. The predicted molar refractivity (Wildman–Crippen MR) is 135 cm³/mol. The lowest BCUT2D eigenvalue weighted by atomic mass is 9.68. The summed E-state index contributed by atoms with van der Waals surface area (Å²) in [5.41, 5.74) is 0.491. The molecule has 0 spiro atoms. The molecule has 0 radical (unpaired) electrons. The summed E-state index contributed by atoms with van der Waals surface area (Å²) in [5, 5.41) is 2.73. The standard InChI is InChI=1S/C29H29NO7/c1-35-24(31)19-23(26(32)36-2)25(27(33)37-3)30-28(34)29(20-13-7-4-8-14-20,21-15-9-5-10-16-21)22-17-11-6-12-18-22/h4-18,23,25H,19H2,1-3H3,(H,30,34)/t23-,25+/m1/s1. The summed E-state index contributed by atoms with van der Waals surface area (Å²) in [5.74, 6) is -4.50. The molecule has 8 heteroatoms. The summed E-state index contributed by atoms with van der Waals surface area (Å²) >= 11 is 0. The summed E-state index contributed by atoms with van der Waals surface area (Å²) in [6.07, 6.45) is -0.502. The summed E-state index contributed by atoms with van der Waals surface area (Å²) in [6, 6.07) is 25.8. The van der Waals surface area contributed by atoms with E-state index in [1.807, 2.05) is 91.0 Å². The van der Waals surface area contributed by atoms with E-state index in [9.17, 15) is 19.2 Å². The summed E-state index contributed by atoms with van der Waals surface area (Å²) in [6.45, 7) is 0. The highest BCUT2D eigenvalue weighted by molar-refractivity contribution is 5.99. The maximum Gasteiger partial charge on any atom is 0.329 e. The minimum absolute atomic E-state index is 0.502. The first-order valence-electron chi connectivity index (χ1n) is 11.6. The van der Waals surface area contributed by atoms with Gasteiger partial charge in [-0.2, -0.15) is 0 Å². The second kappa shape index (κ2) is 12.5. The van der Waals surface area contributed by atoms with Crippen molar-refractivity contribution >= 4 is 23.8 Å². The second-order valence-electron chi connectivity index (χ2n) is 8.23. The first kappa shape index (κ1) is 27.1. The van der Waals surface area contributed by atoms with E-state index in [4.69, 9.17) is 14.2 Å². The molecular weight excluding hydrogens is 474 g/mol. The number of amides is 1. The summed E-state index contributed by atoms with van der Waals surface area (Å²) < 4.78 is 14.5. The molecule has 0 saturated heterocycles. The number of carbonyl (C=O) groups is 4. The molecule has 37 heavy (non-hydrogen) atoms. The van der Waals surface area contributed by atoms with Crippen molar-refractivity contribution in [2.24, 2.45) is 5.92 Å². The van der Waals surface area contributed by atoms with Gasteiger partial charge in [-0.15, -0.1) is 0 Å². The third kappa shape index (κ3) is 5.69. The Bertz CT molecular complexity index is 1120. The van der Waals surface area contributed by atoms with E-state index in [1.165, 1.54) is 0 Å². The SMILES string of the molecule is COC(=O)C[C@@H](C(=O)OC)[C@H](NC(=O)C(c1ccccc1)(c1ccccc1)c1ccccc1)C(=O)OC. The smallest absolute Gasteiger partial charge is 0.329 e. The molecule has 2 atom stereocenters. The highest BCUT2D eigenvalue weighted by atomic mass is 16.5. The van der Waals surface area contributed by atoms with E-state index >= 15 is 0 Å². The summed E-state index contributed by atoms with van der Waals surface area (Å²) in [4.78, 5) is 52.2. The maximum absolute atomic E-state index is 14.5. The van der Waals surface area contributed by atoms with E-state index in [2.05, 4.69) is 5.32 Å². The van der Waals surface area contributed by atoms with Gasteiger partial charge in [0.15, 0.2) is 0 Å². The number of carbonyl (C=O) groups excluding carboxylic acids is 4. The molecular formula is C29H29NO7. The zero-order valence-corrected chi connectivity index (χ0v) is 20.9. The van der Waals surface area contributed by atoms with Crippen LogP contribution < -0.4 is 5.32 Å². The number of esters is 3. The Balaban J connectivity index is 2.24. The summed E-state index contributed by atoms with van der Waals surface area (Å²) in [7, 11) is 3.42. The molecule has 3 aromatic carbocycles. The van der Waals surface area contributed by atoms with Crippen LogP contribution >= 0.6 is 0 Å². The molecule has 8 nitrogen and oxygen atoms in total. The van der Waals surface area contributed by atoms with E-state index in [-0.39, 0.29) is 0 Å². The molecule has 0 aliphatic carbocycles. The molecule has 0 fully saturated rings. The quantitative estimate of drug-likeness (QED) is 0.257. The fourth-order valence-corrected chi connectivity index (χ4v) is 4.41. The van der Waals surface area contributed by atoms with Gasteiger partial charge >= 0.3 is 17.9 Å². The van der Waals surface area contributed by atoms with Crippen LogP contribution in [0.4, 0.5) is 0 Å². The predicted octanol–water partition coefficient (Wildman–Crippen LogP) is 3.03. The van der Waals surface area contributed by atoms with Crippen molar-refractivity contribution in [2.75, 3.05) is 21.3 Å². The molecule has 1 amide bonds. The van der Waals surface area contributed by atoms with Crippen molar-refractivity contribution in [3.8, 4) is 0 Å². The van der Waals surface area contributed by atoms with Crippen molar-refractivity contribution in [1.82, 2.24) is 5.32 Å². The van der Waals surface area contributed by atoms with E-state index in [0.717, 1.165) is 21.3 Å². The first-order chi connectivity index (χ1) is 17.9. The van der Waals surface area contributed by atoms with Gasteiger partial charge in [0, 0.05) is 0 Å². The van der Waals surface area contributed by atoms with Gasteiger partial charge in [-0.1, -0.05) is 91.0 Å². The topological polar surface area (TPSA) is 108 Å². The number of hydrogen-bond donors (Lipinski definition) is 1. The molecule has 0 saturated carbocycles. The zero-order valence-electron chi connectivity index (χ0n) is 20.9. The number of benzene rings is 3. The van der Waals surface area contributed by atoms with E-state index in [0.29, 0.717) is 16.7 Å². The van der Waals surface area contributed by atoms with Gasteiger partial charge in [0.2, 0.25) is 5.91 Å². The minimum Gasteiger partial charge on any atom is -0.469 e. The second-order valence-corrected chi connectivity index (χ2v) is 8.23. The third-order valence-corrected chi connectivity index (χ3v) is 6.22.